The second kappa shape index (κ2) is 5.32. The summed E-state index contributed by atoms with van der Waals surface area (Å²) in [5.41, 5.74) is 1.12. The average Bonchev–Trinajstić information content (AvgIpc) is 2.73. The zero-order valence-corrected chi connectivity index (χ0v) is 11.2. The van der Waals surface area contributed by atoms with Gasteiger partial charge in [0, 0.05) is 11.4 Å². The molecule has 0 saturated carbocycles. The van der Waals surface area contributed by atoms with Crippen molar-refractivity contribution in [1.29, 1.82) is 0 Å². The standard InChI is InChI=1S/C14H17NO4/c1-8(7-16)15-14(17)13-9(2)19-12-5-4-10(18-3)6-11(12)13/h4-6,8,16H,7H2,1-3H3,(H,15,17). The van der Waals surface area contributed by atoms with Crippen molar-refractivity contribution in [2.24, 2.45) is 0 Å². The Morgan fingerprint density at radius 3 is 2.89 bits per heavy atom. The van der Waals surface area contributed by atoms with Gasteiger partial charge in [0.05, 0.1) is 19.3 Å². The number of carbonyl (C=O) groups excluding carboxylic acids is 1. The van der Waals surface area contributed by atoms with E-state index in [1.54, 1.807) is 39.2 Å². The van der Waals surface area contributed by atoms with Gasteiger partial charge in [-0.3, -0.25) is 4.79 Å². The third-order valence-corrected chi connectivity index (χ3v) is 2.95. The lowest BCUT2D eigenvalue weighted by Gasteiger charge is -2.10. The van der Waals surface area contributed by atoms with Gasteiger partial charge >= 0.3 is 0 Å². The average molecular weight is 263 g/mol. The predicted molar refractivity (Wildman–Crippen MR) is 71.5 cm³/mol. The topological polar surface area (TPSA) is 71.7 Å². The molecular formula is C14H17NO4. The first-order chi connectivity index (χ1) is 9.06. The van der Waals surface area contributed by atoms with Gasteiger partial charge in [-0.05, 0) is 32.0 Å². The molecule has 1 atom stereocenters. The molecule has 5 heteroatoms. The molecule has 0 spiro atoms. The van der Waals surface area contributed by atoms with Gasteiger partial charge in [-0.15, -0.1) is 0 Å². The molecule has 102 valence electrons. The number of hydrogen-bond acceptors (Lipinski definition) is 4. The molecule has 19 heavy (non-hydrogen) atoms. The van der Waals surface area contributed by atoms with Crippen LogP contribution in [0.3, 0.4) is 0 Å². The zero-order valence-electron chi connectivity index (χ0n) is 11.2. The molecule has 1 unspecified atom stereocenters. The fraction of sp³-hybridized carbons (Fsp3) is 0.357. The largest absolute Gasteiger partial charge is 0.497 e. The van der Waals surface area contributed by atoms with Crippen LogP contribution in [0.2, 0.25) is 0 Å². The molecule has 1 heterocycles. The smallest absolute Gasteiger partial charge is 0.255 e. The summed E-state index contributed by atoms with van der Waals surface area (Å²) in [7, 11) is 1.57. The number of aliphatic hydroxyl groups is 1. The van der Waals surface area contributed by atoms with Gasteiger partial charge < -0.3 is 19.6 Å². The summed E-state index contributed by atoms with van der Waals surface area (Å²) >= 11 is 0. The van der Waals surface area contributed by atoms with Crippen LogP contribution in [-0.4, -0.2) is 30.8 Å². The van der Waals surface area contributed by atoms with Gasteiger partial charge in [-0.25, -0.2) is 0 Å². The Labute approximate surface area is 111 Å². The van der Waals surface area contributed by atoms with Crippen molar-refractivity contribution in [2.75, 3.05) is 13.7 Å². The number of furan rings is 1. The number of aryl methyl sites for hydroxylation is 1. The molecule has 5 nitrogen and oxygen atoms in total. The highest BCUT2D eigenvalue weighted by molar-refractivity contribution is 6.07. The molecule has 0 saturated heterocycles. The molecule has 1 amide bonds. The van der Waals surface area contributed by atoms with Crippen LogP contribution in [0.4, 0.5) is 0 Å². The molecule has 2 N–H and O–H groups in total. The lowest BCUT2D eigenvalue weighted by atomic mass is 10.1. The maximum absolute atomic E-state index is 12.2. The van der Waals surface area contributed by atoms with Crippen molar-refractivity contribution < 1.29 is 19.1 Å². The molecule has 1 aromatic carbocycles. The summed E-state index contributed by atoms with van der Waals surface area (Å²) in [5.74, 6) is 0.953. The van der Waals surface area contributed by atoms with E-state index in [1.807, 2.05) is 0 Å². The van der Waals surface area contributed by atoms with Gasteiger partial charge in [0.25, 0.3) is 5.91 Å². The van der Waals surface area contributed by atoms with Crippen LogP contribution in [0.5, 0.6) is 5.75 Å². The number of benzene rings is 1. The molecule has 0 bridgehead atoms. The lowest BCUT2D eigenvalue weighted by Crippen LogP contribution is -2.35. The third kappa shape index (κ3) is 2.56. The number of rotatable bonds is 4. The Morgan fingerprint density at radius 1 is 1.53 bits per heavy atom. The summed E-state index contributed by atoms with van der Waals surface area (Å²) in [6, 6.07) is 5.02. The van der Waals surface area contributed by atoms with E-state index in [1.165, 1.54) is 0 Å². The van der Waals surface area contributed by atoms with Gasteiger partial charge in [0.1, 0.15) is 17.1 Å². The van der Waals surface area contributed by atoms with Crippen LogP contribution in [-0.2, 0) is 0 Å². The number of hydrogen-bond donors (Lipinski definition) is 2. The second-order valence-corrected chi connectivity index (χ2v) is 4.45. The van der Waals surface area contributed by atoms with Crippen LogP contribution in [0.25, 0.3) is 11.0 Å². The van der Waals surface area contributed by atoms with Crippen molar-refractivity contribution in [3.63, 3.8) is 0 Å². The molecule has 2 rings (SSSR count). The fourth-order valence-corrected chi connectivity index (χ4v) is 1.95. The predicted octanol–water partition coefficient (Wildman–Crippen LogP) is 1.86. The van der Waals surface area contributed by atoms with Gasteiger partial charge in [-0.1, -0.05) is 0 Å². The van der Waals surface area contributed by atoms with Gasteiger partial charge in [0.2, 0.25) is 0 Å². The van der Waals surface area contributed by atoms with Crippen molar-refractivity contribution >= 4 is 16.9 Å². The van der Waals surface area contributed by atoms with Crippen molar-refractivity contribution in [3.8, 4) is 5.75 Å². The quantitative estimate of drug-likeness (QED) is 0.883. The highest BCUT2D eigenvalue weighted by atomic mass is 16.5. The van der Waals surface area contributed by atoms with Crippen LogP contribution < -0.4 is 10.1 Å². The van der Waals surface area contributed by atoms with Crippen LogP contribution in [0.1, 0.15) is 23.0 Å². The summed E-state index contributed by atoms with van der Waals surface area (Å²) < 4.78 is 10.7. The Balaban J connectivity index is 2.46. The molecular weight excluding hydrogens is 246 g/mol. The van der Waals surface area contributed by atoms with Gasteiger partial charge in [-0.2, -0.15) is 0 Å². The van der Waals surface area contributed by atoms with E-state index in [0.717, 1.165) is 0 Å². The van der Waals surface area contributed by atoms with E-state index in [-0.39, 0.29) is 18.6 Å². The van der Waals surface area contributed by atoms with Crippen molar-refractivity contribution in [3.05, 3.63) is 29.5 Å². The highest BCUT2D eigenvalue weighted by Gasteiger charge is 2.19. The minimum Gasteiger partial charge on any atom is -0.497 e. The highest BCUT2D eigenvalue weighted by Crippen LogP contribution is 2.28. The number of ether oxygens (including phenoxy) is 1. The maximum atomic E-state index is 12.2. The SMILES string of the molecule is COc1ccc2oc(C)c(C(=O)NC(C)CO)c2c1. The first kappa shape index (κ1) is 13.4. The first-order valence-corrected chi connectivity index (χ1v) is 6.05. The normalized spacial score (nSPS) is 12.4. The fourth-order valence-electron chi connectivity index (χ4n) is 1.95. The van der Waals surface area contributed by atoms with Crippen LogP contribution in [0, 0.1) is 6.92 Å². The number of fused-ring (bicyclic) bond motifs is 1. The second-order valence-electron chi connectivity index (χ2n) is 4.45. The molecule has 0 aliphatic heterocycles. The summed E-state index contributed by atoms with van der Waals surface area (Å²) in [4.78, 5) is 12.2. The number of carbonyl (C=O) groups is 1. The van der Waals surface area contributed by atoms with Crippen LogP contribution >= 0.6 is 0 Å². The molecule has 0 fully saturated rings. The zero-order chi connectivity index (χ0) is 14.0. The molecule has 0 radical (unpaired) electrons. The lowest BCUT2D eigenvalue weighted by molar-refractivity contribution is 0.0922. The summed E-state index contributed by atoms with van der Waals surface area (Å²) in [6.45, 7) is 3.37. The van der Waals surface area contributed by atoms with E-state index in [4.69, 9.17) is 14.3 Å². The van der Waals surface area contributed by atoms with Crippen molar-refractivity contribution in [2.45, 2.75) is 19.9 Å². The minimum absolute atomic E-state index is 0.107. The van der Waals surface area contributed by atoms with E-state index >= 15 is 0 Å². The van der Waals surface area contributed by atoms with Crippen LogP contribution in [0.15, 0.2) is 22.6 Å². The van der Waals surface area contributed by atoms with E-state index in [9.17, 15) is 4.79 Å². The molecule has 1 aromatic heterocycles. The number of methoxy groups -OCH3 is 1. The molecule has 2 aromatic rings. The van der Waals surface area contributed by atoms with E-state index in [2.05, 4.69) is 5.32 Å². The Bertz CT molecular complexity index is 603. The molecule has 0 aliphatic carbocycles. The third-order valence-electron chi connectivity index (χ3n) is 2.95. The monoisotopic (exact) mass is 263 g/mol. The number of nitrogens with one attached hydrogen (secondary N) is 1. The minimum atomic E-state index is -0.303. The summed E-state index contributed by atoms with van der Waals surface area (Å²) in [5, 5.41) is 12.4. The number of amides is 1. The first-order valence-electron chi connectivity index (χ1n) is 6.05. The number of aliphatic hydroxyl groups excluding tert-OH is 1. The van der Waals surface area contributed by atoms with Crippen molar-refractivity contribution in [1.82, 2.24) is 5.32 Å². The van der Waals surface area contributed by atoms with Gasteiger partial charge in [0.15, 0.2) is 0 Å². The van der Waals surface area contributed by atoms with E-state index in [0.29, 0.717) is 28.0 Å². The molecule has 0 aliphatic rings. The Morgan fingerprint density at radius 2 is 2.26 bits per heavy atom. The van der Waals surface area contributed by atoms with E-state index < -0.39 is 0 Å². The Hall–Kier alpha value is -2.01. The Kier molecular flexibility index (Phi) is 3.76. The summed E-state index contributed by atoms with van der Waals surface area (Å²) in [6.07, 6.45) is 0. The maximum Gasteiger partial charge on any atom is 0.255 e.